The number of carbonyl (C=O) groups is 1. The number of para-hydroxylation sites is 1. The van der Waals surface area contributed by atoms with Crippen molar-refractivity contribution in [1.29, 1.82) is 5.26 Å². The smallest absolute Gasteiger partial charge is 0.279 e. The van der Waals surface area contributed by atoms with Crippen molar-refractivity contribution in [3.05, 3.63) is 80.4 Å². The Kier molecular flexibility index (Phi) is 3.92. The Morgan fingerprint density at radius 3 is 2.32 bits per heavy atom. The molecule has 0 bridgehead atoms. The molecule has 2 N–H and O–H groups in total. The summed E-state index contributed by atoms with van der Waals surface area (Å²) in [7, 11) is 0. The molecule has 0 saturated carbocycles. The molecule has 0 radical (unpaired) electrons. The molecular weight excluding hydrogens is 394 g/mol. The van der Waals surface area contributed by atoms with Crippen molar-refractivity contribution in [1.82, 2.24) is 9.36 Å². The summed E-state index contributed by atoms with van der Waals surface area (Å²) in [5, 5.41) is 10.4. The Morgan fingerprint density at radius 2 is 1.65 bits per heavy atom. The number of hydrogen-bond donors (Lipinski definition) is 1. The Labute approximate surface area is 177 Å². The largest absolute Gasteiger partial charge is 0.383 e. The lowest BCUT2D eigenvalue weighted by Crippen LogP contribution is -2.52. The molecule has 8 heteroatoms. The van der Waals surface area contributed by atoms with E-state index in [0.29, 0.717) is 17.8 Å². The summed E-state index contributed by atoms with van der Waals surface area (Å²) in [6.45, 7) is 2.45. The summed E-state index contributed by atoms with van der Waals surface area (Å²) in [5.74, 6) is -0.652. The van der Waals surface area contributed by atoms with E-state index in [0.717, 1.165) is 22.2 Å². The van der Waals surface area contributed by atoms with Crippen molar-refractivity contribution in [2.24, 2.45) is 5.73 Å². The fourth-order valence-corrected chi connectivity index (χ4v) is 4.74. The van der Waals surface area contributed by atoms with Gasteiger partial charge in [0.1, 0.15) is 17.5 Å². The van der Waals surface area contributed by atoms with Gasteiger partial charge in [-0.25, -0.2) is 4.68 Å². The lowest BCUT2D eigenvalue weighted by Gasteiger charge is -2.26. The lowest BCUT2D eigenvalue weighted by atomic mass is 9.84. The molecule has 2 aliphatic heterocycles. The molecule has 154 valence electrons. The zero-order chi connectivity index (χ0) is 21.9. The van der Waals surface area contributed by atoms with E-state index in [1.165, 1.54) is 6.07 Å². The summed E-state index contributed by atoms with van der Waals surface area (Å²) < 4.78 is 2.07. The molecule has 3 heterocycles. The molecule has 1 amide bonds. The first-order valence-electron chi connectivity index (χ1n) is 10.1. The van der Waals surface area contributed by atoms with Gasteiger partial charge < -0.3 is 10.6 Å². The Morgan fingerprint density at radius 1 is 1.00 bits per heavy atom. The molecule has 1 spiro atoms. The van der Waals surface area contributed by atoms with Gasteiger partial charge in [-0.15, -0.1) is 0 Å². The predicted octanol–water partition coefficient (Wildman–Crippen LogP) is 1.72. The van der Waals surface area contributed by atoms with Gasteiger partial charge >= 0.3 is 0 Å². The van der Waals surface area contributed by atoms with Crippen LogP contribution in [0.5, 0.6) is 0 Å². The van der Waals surface area contributed by atoms with Crippen LogP contribution in [-0.2, 0) is 10.3 Å². The SMILES string of the molecule is CCCCN1C(=O)C2(C(C#N)=C(N)n3c(=O)c4ccccc4c(=O)n32)c2ccccc21. The second kappa shape index (κ2) is 6.44. The molecule has 31 heavy (non-hydrogen) atoms. The molecule has 2 aromatic carbocycles. The number of unbranched alkanes of at least 4 members (excludes halogenated alkanes) is 1. The maximum absolute atomic E-state index is 14.0. The number of nitrogens with zero attached hydrogens (tertiary/aromatic N) is 4. The van der Waals surface area contributed by atoms with Crippen LogP contribution in [0.1, 0.15) is 25.3 Å². The van der Waals surface area contributed by atoms with Crippen LogP contribution in [-0.4, -0.2) is 21.8 Å². The zero-order valence-corrected chi connectivity index (χ0v) is 16.8. The monoisotopic (exact) mass is 413 g/mol. The highest BCUT2D eigenvalue weighted by Gasteiger charge is 2.61. The maximum atomic E-state index is 14.0. The standard InChI is InChI=1S/C23H19N5O3/c1-2-3-12-26-18-11-7-6-10-16(18)23(22(26)31)17(13-24)19(25)27-20(29)14-8-4-5-9-15(14)21(30)28(23)27/h4-11H,2-3,12,25H2,1H3. The highest BCUT2D eigenvalue weighted by atomic mass is 16.2. The summed E-state index contributed by atoms with van der Waals surface area (Å²) in [6, 6.07) is 15.5. The van der Waals surface area contributed by atoms with Crippen LogP contribution in [0, 0.1) is 11.3 Å². The summed E-state index contributed by atoms with van der Waals surface area (Å²) >= 11 is 0. The predicted molar refractivity (Wildman–Crippen MR) is 116 cm³/mol. The van der Waals surface area contributed by atoms with E-state index >= 15 is 0 Å². The van der Waals surface area contributed by atoms with E-state index in [-0.39, 0.29) is 22.2 Å². The van der Waals surface area contributed by atoms with Gasteiger partial charge in [0.25, 0.3) is 17.0 Å². The molecule has 8 nitrogen and oxygen atoms in total. The van der Waals surface area contributed by atoms with Crippen molar-refractivity contribution in [3.8, 4) is 6.07 Å². The highest BCUT2D eigenvalue weighted by Crippen LogP contribution is 2.49. The number of anilines is 1. The highest BCUT2D eigenvalue weighted by molar-refractivity contribution is 6.12. The van der Waals surface area contributed by atoms with Crippen LogP contribution < -0.4 is 21.8 Å². The van der Waals surface area contributed by atoms with E-state index in [1.54, 1.807) is 47.4 Å². The average Bonchev–Trinajstić information content (AvgIpc) is 3.20. The van der Waals surface area contributed by atoms with Crippen molar-refractivity contribution in [3.63, 3.8) is 0 Å². The van der Waals surface area contributed by atoms with Crippen LogP contribution in [0.3, 0.4) is 0 Å². The summed E-state index contributed by atoms with van der Waals surface area (Å²) in [5.41, 5.74) is 4.34. The molecule has 0 saturated heterocycles. The summed E-state index contributed by atoms with van der Waals surface area (Å²) in [4.78, 5) is 42.5. The number of fused-ring (bicyclic) bond motifs is 5. The van der Waals surface area contributed by atoms with Crippen LogP contribution >= 0.6 is 0 Å². The third kappa shape index (κ3) is 2.10. The number of nitriles is 1. The minimum Gasteiger partial charge on any atom is -0.383 e. The quantitative estimate of drug-likeness (QED) is 0.702. The number of nitrogens with two attached hydrogens (primary N) is 1. The normalized spacial score (nSPS) is 19.2. The van der Waals surface area contributed by atoms with Gasteiger partial charge in [0, 0.05) is 12.1 Å². The lowest BCUT2D eigenvalue weighted by molar-refractivity contribution is -0.123. The number of carbonyl (C=O) groups excluding carboxylic acids is 1. The minimum absolute atomic E-state index is 0.113. The third-order valence-corrected chi connectivity index (χ3v) is 6.12. The average molecular weight is 413 g/mol. The third-order valence-electron chi connectivity index (χ3n) is 6.12. The summed E-state index contributed by atoms with van der Waals surface area (Å²) in [6.07, 6.45) is 1.61. The van der Waals surface area contributed by atoms with Crippen LogP contribution in [0.4, 0.5) is 5.69 Å². The number of aromatic nitrogens is 2. The van der Waals surface area contributed by atoms with Crippen molar-refractivity contribution < 1.29 is 4.79 Å². The second-order valence-corrected chi connectivity index (χ2v) is 7.69. The van der Waals surface area contributed by atoms with Crippen molar-refractivity contribution in [2.45, 2.75) is 25.3 Å². The topological polar surface area (TPSA) is 114 Å². The van der Waals surface area contributed by atoms with Crippen LogP contribution in [0.25, 0.3) is 16.6 Å². The van der Waals surface area contributed by atoms with Gasteiger partial charge in [0.15, 0.2) is 0 Å². The molecule has 0 aliphatic carbocycles. The fraction of sp³-hybridized carbons (Fsp3) is 0.217. The molecule has 3 aromatic rings. The molecule has 1 unspecified atom stereocenters. The van der Waals surface area contributed by atoms with Crippen molar-refractivity contribution >= 4 is 28.2 Å². The Bertz CT molecular complexity index is 1470. The van der Waals surface area contributed by atoms with E-state index < -0.39 is 22.6 Å². The van der Waals surface area contributed by atoms with Crippen LogP contribution in [0.15, 0.2) is 63.7 Å². The van der Waals surface area contributed by atoms with E-state index in [9.17, 15) is 19.6 Å². The minimum atomic E-state index is -1.80. The number of amides is 1. The molecule has 5 rings (SSSR count). The van der Waals surface area contributed by atoms with Gasteiger partial charge in [0.05, 0.1) is 16.5 Å². The molecule has 2 aliphatic rings. The first-order chi connectivity index (χ1) is 15.0. The molecule has 1 aromatic heterocycles. The Balaban J connectivity index is 1.97. The van der Waals surface area contributed by atoms with Crippen LogP contribution in [0.2, 0.25) is 0 Å². The van der Waals surface area contributed by atoms with Gasteiger partial charge in [0.2, 0.25) is 5.54 Å². The zero-order valence-electron chi connectivity index (χ0n) is 16.8. The number of benzene rings is 2. The van der Waals surface area contributed by atoms with Gasteiger partial charge in [-0.05, 0) is 24.6 Å². The van der Waals surface area contributed by atoms with E-state index in [2.05, 4.69) is 0 Å². The van der Waals surface area contributed by atoms with Gasteiger partial charge in [-0.2, -0.15) is 9.94 Å². The maximum Gasteiger partial charge on any atom is 0.279 e. The fourth-order valence-electron chi connectivity index (χ4n) is 4.74. The number of hydrogen-bond acceptors (Lipinski definition) is 5. The second-order valence-electron chi connectivity index (χ2n) is 7.69. The van der Waals surface area contributed by atoms with Gasteiger partial charge in [-0.1, -0.05) is 43.7 Å². The molecular formula is C23H19N5O3. The first kappa shape index (κ1) is 18.9. The van der Waals surface area contributed by atoms with E-state index in [1.807, 2.05) is 13.0 Å². The number of rotatable bonds is 3. The molecule has 0 fully saturated rings. The Hall–Kier alpha value is -4.12. The van der Waals surface area contributed by atoms with Gasteiger partial charge in [-0.3, -0.25) is 14.4 Å². The molecule has 1 atom stereocenters. The van der Waals surface area contributed by atoms with E-state index in [4.69, 9.17) is 5.73 Å². The first-order valence-corrected chi connectivity index (χ1v) is 10.1. The van der Waals surface area contributed by atoms with Crippen molar-refractivity contribution in [2.75, 3.05) is 11.4 Å².